The predicted molar refractivity (Wildman–Crippen MR) is 66.7 cm³/mol. The molecule has 0 amide bonds. The van der Waals surface area contributed by atoms with E-state index >= 15 is 0 Å². The Balaban J connectivity index is 2.21. The molecule has 1 saturated heterocycles. The molecule has 0 saturated carbocycles. The summed E-state index contributed by atoms with van der Waals surface area (Å²) in [6.07, 6.45) is 2.60. The number of nitrogens with one attached hydrogen (secondary N) is 1. The van der Waals surface area contributed by atoms with Crippen LogP contribution in [0, 0.1) is 6.92 Å². The summed E-state index contributed by atoms with van der Waals surface area (Å²) in [6.45, 7) is 2.03. The van der Waals surface area contributed by atoms with Crippen molar-refractivity contribution in [3.8, 4) is 0 Å². The summed E-state index contributed by atoms with van der Waals surface area (Å²) in [7, 11) is 0. The van der Waals surface area contributed by atoms with Gasteiger partial charge in [0.05, 0.1) is 0 Å². The highest BCUT2D eigenvalue weighted by atomic mass is 16.4. The standard InChI is InChI=1S/C13H18N2O2/c1-8-5-6-9(14)7-10(8)11-3-2-4-12(15-11)13(16)17/h5-7,11-12,15H,2-4,14H2,1H3,(H,16,17). The number of carboxylic acid groups (broad SMARTS) is 1. The molecule has 92 valence electrons. The highest BCUT2D eigenvalue weighted by Gasteiger charge is 2.27. The van der Waals surface area contributed by atoms with E-state index in [4.69, 9.17) is 10.8 Å². The third-order valence-corrected chi connectivity index (χ3v) is 3.36. The fourth-order valence-electron chi connectivity index (χ4n) is 2.41. The number of carbonyl (C=O) groups is 1. The monoisotopic (exact) mass is 234 g/mol. The Kier molecular flexibility index (Phi) is 3.33. The molecule has 0 aliphatic carbocycles. The average Bonchev–Trinajstić information content (AvgIpc) is 2.32. The van der Waals surface area contributed by atoms with Crippen LogP contribution < -0.4 is 11.1 Å². The Morgan fingerprint density at radius 3 is 2.94 bits per heavy atom. The molecule has 2 unspecified atom stereocenters. The third-order valence-electron chi connectivity index (χ3n) is 3.36. The molecule has 0 aromatic heterocycles. The highest BCUT2D eigenvalue weighted by molar-refractivity contribution is 5.73. The molecule has 1 aliphatic heterocycles. The molecule has 1 aromatic rings. The van der Waals surface area contributed by atoms with Crippen LogP contribution in [-0.4, -0.2) is 17.1 Å². The van der Waals surface area contributed by atoms with E-state index in [2.05, 4.69) is 5.32 Å². The highest BCUT2D eigenvalue weighted by Crippen LogP contribution is 2.29. The van der Waals surface area contributed by atoms with Gasteiger partial charge in [0.25, 0.3) is 0 Å². The summed E-state index contributed by atoms with van der Waals surface area (Å²) < 4.78 is 0. The molecule has 0 bridgehead atoms. The van der Waals surface area contributed by atoms with E-state index in [0.29, 0.717) is 6.42 Å². The summed E-state index contributed by atoms with van der Waals surface area (Å²) in [5.41, 5.74) is 8.79. The van der Waals surface area contributed by atoms with E-state index in [1.54, 1.807) is 0 Å². The number of aryl methyl sites for hydroxylation is 1. The summed E-state index contributed by atoms with van der Waals surface area (Å²) in [6, 6.07) is 5.47. The Hall–Kier alpha value is -1.55. The van der Waals surface area contributed by atoms with E-state index < -0.39 is 12.0 Å². The van der Waals surface area contributed by atoms with Crippen molar-refractivity contribution in [1.29, 1.82) is 0 Å². The number of rotatable bonds is 2. The number of aliphatic carboxylic acids is 1. The van der Waals surface area contributed by atoms with Gasteiger partial charge in [-0.05, 0) is 49.4 Å². The van der Waals surface area contributed by atoms with Crippen LogP contribution in [0.3, 0.4) is 0 Å². The maximum Gasteiger partial charge on any atom is 0.320 e. The molecule has 0 radical (unpaired) electrons. The summed E-state index contributed by atoms with van der Waals surface area (Å²) in [5, 5.41) is 12.2. The Morgan fingerprint density at radius 2 is 2.24 bits per heavy atom. The van der Waals surface area contributed by atoms with Crippen molar-refractivity contribution in [3.63, 3.8) is 0 Å². The molecule has 1 heterocycles. The summed E-state index contributed by atoms with van der Waals surface area (Å²) in [4.78, 5) is 11.0. The normalized spacial score (nSPS) is 24.5. The Morgan fingerprint density at radius 1 is 1.47 bits per heavy atom. The van der Waals surface area contributed by atoms with Gasteiger partial charge in [-0.3, -0.25) is 10.1 Å². The Labute approximate surface area is 101 Å². The van der Waals surface area contributed by atoms with Gasteiger partial charge >= 0.3 is 5.97 Å². The topological polar surface area (TPSA) is 75.4 Å². The number of carboxylic acids is 1. The molecule has 4 heteroatoms. The van der Waals surface area contributed by atoms with Crippen molar-refractivity contribution in [2.75, 3.05) is 5.73 Å². The molecule has 4 nitrogen and oxygen atoms in total. The van der Waals surface area contributed by atoms with Gasteiger partial charge < -0.3 is 10.8 Å². The van der Waals surface area contributed by atoms with Crippen LogP contribution in [0.2, 0.25) is 0 Å². The molecule has 0 spiro atoms. The second-order valence-corrected chi connectivity index (χ2v) is 4.66. The maximum atomic E-state index is 11.0. The largest absolute Gasteiger partial charge is 0.480 e. The van der Waals surface area contributed by atoms with Gasteiger partial charge in [0.2, 0.25) is 0 Å². The van der Waals surface area contributed by atoms with Crippen LogP contribution in [0.15, 0.2) is 18.2 Å². The van der Waals surface area contributed by atoms with E-state index in [9.17, 15) is 4.79 Å². The van der Waals surface area contributed by atoms with E-state index in [1.165, 1.54) is 0 Å². The van der Waals surface area contributed by atoms with Gasteiger partial charge in [-0.2, -0.15) is 0 Å². The first-order chi connectivity index (χ1) is 8.08. The zero-order valence-electron chi connectivity index (χ0n) is 9.94. The molecular formula is C13H18N2O2. The number of hydrogen-bond donors (Lipinski definition) is 3. The van der Waals surface area contributed by atoms with Crippen LogP contribution >= 0.6 is 0 Å². The van der Waals surface area contributed by atoms with E-state index in [-0.39, 0.29) is 6.04 Å². The van der Waals surface area contributed by atoms with Gasteiger partial charge in [0.15, 0.2) is 0 Å². The lowest BCUT2D eigenvalue weighted by molar-refractivity contribution is -0.140. The van der Waals surface area contributed by atoms with Crippen molar-refractivity contribution in [3.05, 3.63) is 29.3 Å². The number of benzene rings is 1. The van der Waals surface area contributed by atoms with Crippen molar-refractivity contribution < 1.29 is 9.90 Å². The van der Waals surface area contributed by atoms with Crippen LogP contribution in [0.5, 0.6) is 0 Å². The second kappa shape index (κ2) is 4.75. The number of anilines is 1. The van der Waals surface area contributed by atoms with E-state index in [0.717, 1.165) is 29.7 Å². The van der Waals surface area contributed by atoms with Gasteiger partial charge in [0.1, 0.15) is 6.04 Å². The van der Waals surface area contributed by atoms with Crippen LogP contribution in [0.1, 0.15) is 36.4 Å². The van der Waals surface area contributed by atoms with Crippen LogP contribution in [0.25, 0.3) is 0 Å². The van der Waals surface area contributed by atoms with Gasteiger partial charge in [0, 0.05) is 11.7 Å². The minimum Gasteiger partial charge on any atom is -0.480 e. The SMILES string of the molecule is Cc1ccc(N)cc1C1CCCC(C(=O)O)N1. The molecule has 2 rings (SSSR count). The van der Waals surface area contributed by atoms with Crippen molar-refractivity contribution >= 4 is 11.7 Å². The minimum absolute atomic E-state index is 0.105. The molecule has 17 heavy (non-hydrogen) atoms. The van der Waals surface area contributed by atoms with Crippen molar-refractivity contribution in [1.82, 2.24) is 5.32 Å². The number of hydrogen-bond acceptors (Lipinski definition) is 3. The smallest absolute Gasteiger partial charge is 0.320 e. The van der Waals surface area contributed by atoms with Gasteiger partial charge in [-0.25, -0.2) is 0 Å². The lowest BCUT2D eigenvalue weighted by Crippen LogP contribution is -2.42. The summed E-state index contributed by atoms with van der Waals surface area (Å²) >= 11 is 0. The first-order valence-corrected chi connectivity index (χ1v) is 5.93. The molecule has 1 aromatic carbocycles. The van der Waals surface area contributed by atoms with Gasteiger partial charge in [-0.1, -0.05) is 6.07 Å². The average molecular weight is 234 g/mol. The first kappa shape index (κ1) is 11.9. The number of piperidine rings is 1. The lowest BCUT2D eigenvalue weighted by Gasteiger charge is -2.30. The zero-order chi connectivity index (χ0) is 12.4. The number of nitrogen functional groups attached to an aromatic ring is 1. The number of nitrogens with two attached hydrogens (primary N) is 1. The van der Waals surface area contributed by atoms with Crippen LogP contribution in [0.4, 0.5) is 5.69 Å². The Bertz CT molecular complexity index is 431. The third kappa shape index (κ3) is 2.58. The van der Waals surface area contributed by atoms with Crippen LogP contribution in [-0.2, 0) is 4.79 Å². The maximum absolute atomic E-state index is 11.0. The molecule has 4 N–H and O–H groups in total. The van der Waals surface area contributed by atoms with Gasteiger partial charge in [-0.15, -0.1) is 0 Å². The fourth-order valence-corrected chi connectivity index (χ4v) is 2.41. The zero-order valence-corrected chi connectivity index (χ0v) is 9.94. The predicted octanol–water partition coefficient (Wildman–Crippen LogP) is 1.85. The fraction of sp³-hybridized carbons (Fsp3) is 0.462. The molecule has 1 aliphatic rings. The van der Waals surface area contributed by atoms with Crippen molar-refractivity contribution in [2.45, 2.75) is 38.3 Å². The minimum atomic E-state index is -0.767. The first-order valence-electron chi connectivity index (χ1n) is 5.93. The van der Waals surface area contributed by atoms with E-state index in [1.807, 2.05) is 25.1 Å². The quantitative estimate of drug-likeness (QED) is 0.682. The summed E-state index contributed by atoms with van der Waals surface area (Å²) in [5.74, 6) is -0.767. The molecule has 1 fully saturated rings. The second-order valence-electron chi connectivity index (χ2n) is 4.66. The molecular weight excluding hydrogens is 216 g/mol. The van der Waals surface area contributed by atoms with Crippen molar-refractivity contribution in [2.24, 2.45) is 0 Å². The lowest BCUT2D eigenvalue weighted by atomic mass is 9.91. The molecule has 2 atom stereocenters.